The first-order valence-corrected chi connectivity index (χ1v) is 11.8. The van der Waals surface area contributed by atoms with Gasteiger partial charge in [0.2, 0.25) is 6.79 Å². The summed E-state index contributed by atoms with van der Waals surface area (Å²) in [5.74, 6) is 3.18. The molecule has 3 aliphatic rings. The van der Waals surface area contributed by atoms with Crippen molar-refractivity contribution in [3.05, 3.63) is 42.0 Å². The van der Waals surface area contributed by atoms with Crippen LogP contribution in [0.25, 0.3) is 21.9 Å². The van der Waals surface area contributed by atoms with E-state index in [1.807, 2.05) is 0 Å². The SMILES string of the molecule is COc1cc2c(cc1OC)-c1ccc3cc4c(cc3c1N(CCN1CCCCC1)C2)OCO4. The lowest BCUT2D eigenvalue weighted by atomic mass is 9.89. The molecule has 172 valence electrons. The van der Waals surface area contributed by atoms with Crippen molar-refractivity contribution in [2.75, 3.05) is 52.1 Å². The second-order valence-corrected chi connectivity index (χ2v) is 9.08. The van der Waals surface area contributed by atoms with Gasteiger partial charge in [-0.2, -0.15) is 0 Å². The summed E-state index contributed by atoms with van der Waals surface area (Å²) in [5, 5.41) is 2.38. The largest absolute Gasteiger partial charge is 0.493 e. The molecule has 0 radical (unpaired) electrons. The Hall–Kier alpha value is -3.12. The minimum atomic E-state index is 0.284. The number of nitrogens with zero attached hydrogens (tertiary/aromatic N) is 2. The molecule has 0 unspecified atom stereocenters. The first-order chi connectivity index (χ1) is 16.2. The Balaban J connectivity index is 1.48. The van der Waals surface area contributed by atoms with Crippen LogP contribution in [0.15, 0.2) is 36.4 Å². The fourth-order valence-electron chi connectivity index (χ4n) is 5.48. The highest BCUT2D eigenvalue weighted by Crippen LogP contribution is 2.48. The fourth-order valence-corrected chi connectivity index (χ4v) is 5.48. The summed E-state index contributed by atoms with van der Waals surface area (Å²) in [6, 6.07) is 12.9. The maximum Gasteiger partial charge on any atom is 0.231 e. The van der Waals surface area contributed by atoms with Crippen LogP contribution < -0.4 is 23.8 Å². The van der Waals surface area contributed by atoms with Crippen molar-refractivity contribution in [1.29, 1.82) is 0 Å². The topological polar surface area (TPSA) is 43.4 Å². The van der Waals surface area contributed by atoms with Crippen molar-refractivity contribution in [2.45, 2.75) is 25.8 Å². The minimum Gasteiger partial charge on any atom is -0.493 e. The summed E-state index contributed by atoms with van der Waals surface area (Å²) >= 11 is 0. The van der Waals surface area contributed by atoms with E-state index in [0.717, 1.165) is 42.6 Å². The molecule has 0 atom stereocenters. The van der Waals surface area contributed by atoms with Crippen molar-refractivity contribution in [3.63, 3.8) is 0 Å². The first kappa shape index (κ1) is 20.5. The second-order valence-electron chi connectivity index (χ2n) is 9.08. The normalized spacial score (nSPS) is 17.1. The summed E-state index contributed by atoms with van der Waals surface area (Å²) in [5.41, 5.74) is 4.96. The van der Waals surface area contributed by atoms with E-state index in [2.05, 4.69) is 46.2 Å². The van der Waals surface area contributed by atoms with Crippen LogP contribution in [0.2, 0.25) is 0 Å². The molecule has 0 N–H and O–H groups in total. The zero-order chi connectivity index (χ0) is 22.4. The van der Waals surface area contributed by atoms with E-state index in [9.17, 15) is 0 Å². The summed E-state index contributed by atoms with van der Waals surface area (Å²) in [7, 11) is 3.39. The molecule has 3 heterocycles. The molecule has 0 spiro atoms. The van der Waals surface area contributed by atoms with Gasteiger partial charge in [0.05, 0.1) is 19.9 Å². The summed E-state index contributed by atoms with van der Waals surface area (Å²) in [6.07, 6.45) is 3.97. The molecular formula is C27H30N2O4. The van der Waals surface area contributed by atoms with Crippen LogP contribution in [0, 0.1) is 0 Å². The van der Waals surface area contributed by atoms with Gasteiger partial charge in [-0.15, -0.1) is 0 Å². The predicted molar refractivity (Wildman–Crippen MR) is 130 cm³/mol. The third kappa shape index (κ3) is 3.53. The first-order valence-electron chi connectivity index (χ1n) is 11.8. The third-order valence-corrected chi connectivity index (χ3v) is 7.20. The van der Waals surface area contributed by atoms with Crippen molar-refractivity contribution in [1.82, 2.24) is 4.90 Å². The minimum absolute atomic E-state index is 0.284. The number of anilines is 1. The highest BCUT2D eigenvalue weighted by Gasteiger charge is 2.28. The number of hydrogen-bond donors (Lipinski definition) is 0. The van der Waals surface area contributed by atoms with Gasteiger partial charge in [-0.05, 0) is 66.7 Å². The molecule has 33 heavy (non-hydrogen) atoms. The summed E-state index contributed by atoms with van der Waals surface area (Å²) < 4.78 is 22.6. The van der Waals surface area contributed by atoms with Crippen LogP contribution >= 0.6 is 0 Å². The standard InChI is InChI=1S/C27H30N2O4/c1-30-23-13-19-16-29(11-10-28-8-4-3-5-9-28)27-20(21(19)14-24(23)31-2)7-6-18-12-25-26(15-22(18)27)33-17-32-25/h6-7,12-15H,3-5,8-11,16-17H2,1-2H3. The highest BCUT2D eigenvalue weighted by atomic mass is 16.7. The van der Waals surface area contributed by atoms with E-state index < -0.39 is 0 Å². The third-order valence-electron chi connectivity index (χ3n) is 7.20. The quantitative estimate of drug-likeness (QED) is 0.546. The Morgan fingerprint density at radius 2 is 1.58 bits per heavy atom. The van der Waals surface area contributed by atoms with Crippen LogP contribution in [0.4, 0.5) is 5.69 Å². The van der Waals surface area contributed by atoms with Gasteiger partial charge in [0, 0.05) is 30.6 Å². The van der Waals surface area contributed by atoms with Crippen molar-refractivity contribution in [2.24, 2.45) is 0 Å². The van der Waals surface area contributed by atoms with Gasteiger partial charge in [0.25, 0.3) is 0 Å². The van der Waals surface area contributed by atoms with E-state index >= 15 is 0 Å². The summed E-state index contributed by atoms with van der Waals surface area (Å²) in [6.45, 7) is 5.58. The molecule has 1 fully saturated rings. The number of benzene rings is 3. The Labute approximate surface area is 194 Å². The van der Waals surface area contributed by atoms with E-state index in [0.29, 0.717) is 0 Å². The molecular weight excluding hydrogens is 416 g/mol. The predicted octanol–water partition coefficient (Wildman–Crippen LogP) is 5.06. The van der Waals surface area contributed by atoms with E-state index in [4.69, 9.17) is 18.9 Å². The molecule has 6 nitrogen and oxygen atoms in total. The smallest absolute Gasteiger partial charge is 0.231 e. The maximum atomic E-state index is 5.74. The van der Waals surface area contributed by atoms with Gasteiger partial charge >= 0.3 is 0 Å². The molecule has 3 aromatic rings. The Bertz CT molecular complexity index is 1200. The van der Waals surface area contributed by atoms with Crippen LogP contribution in [0.3, 0.4) is 0 Å². The van der Waals surface area contributed by atoms with Crippen LogP contribution in [0.5, 0.6) is 23.0 Å². The van der Waals surface area contributed by atoms with Gasteiger partial charge in [-0.3, -0.25) is 0 Å². The van der Waals surface area contributed by atoms with Gasteiger partial charge in [-0.1, -0.05) is 18.6 Å². The van der Waals surface area contributed by atoms with Crippen LogP contribution in [-0.2, 0) is 6.54 Å². The summed E-state index contributed by atoms with van der Waals surface area (Å²) in [4.78, 5) is 5.13. The second kappa shape index (κ2) is 8.34. The molecule has 0 bridgehead atoms. The average Bonchev–Trinajstić information content (AvgIpc) is 3.32. The van der Waals surface area contributed by atoms with E-state index in [1.54, 1.807) is 14.2 Å². The number of methoxy groups -OCH3 is 2. The molecule has 0 aliphatic carbocycles. The molecule has 0 saturated carbocycles. The lowest BCUT2D eigenvalue weighted by Gasteiger charge is -2.36. The number of ether oxygens (including phenoxy) is 4. The maximum absolute atomic E-state index is 5.74. The molecule has 0 aromatic heterocycles. The van der Waals surface area contributed by atoms with Gasteiger partial charge < -0.3 is 28.7 Å². The van der Waals surface area contributed by atoms with Gasteiger partial charge in [0.15, 0.2) is 23.0 Å². The molecule has 0 amide bonds. The van der Waals surface area contributed by atoms with Gasteiger partial charge in [-0.25, -0.2) is 0 Å². The molecule has 3 aromatic carbocycles. The van der Waals surface area contributed by atoms with Crippen molar-refractivity contribution < 1.29 is 18.9 Å². The van der Waals surface area contributed by atoms with Gasteiger partial charge in [0.1, 0.15) is 0 Å². The average molecular weight is 447 g/mol. The number of likely N-dealkylation sites (tertiary alicyclic amines) is 1. The molecule has 6 rings (SSSR count). The van der Waals surface area contributed by atoms with Crippen LogP contribution in [0.1, 0.15) is 24.8 Å². The molecule has 3 aliphatic heterocycles. The Morgan fingerprint density at radius 3 is 2.36 bits per heavy atom. The molecule has 1 saturated heterocycles. The van der Waals surface area contributed by atoms with Crippen molar-refractivity contribution >= 4 is 16.5 Å². The number of hydrogen-bond acceptors (Lipinski definition) is 6. The zero-order valence-electron chi connectivity index (χ0n) is 19.4. The van der Waals surface area contributed by atoms with E-state index in [-0.39, 0.29) is 6.79 Å². The van der Waals surface area contributed by atoms with Crippen LogP contribution in [-0.4, -0.2) is 52.1 Å². The zero-order valence-corrected chi connectivity index (χ0v) is 19.4. The highest BCUT2D eigenvalue weighted by molar-refractivity contribution is 6.05. The lowest BCUT2D eigenvalue weighted by molar-refractivity contribution is 0.174. The monoisotopic (exact) mass is 446 g/mol. The number of piperidine rings is 1. The van der Waals surface area contributed by atoms with Crippen molar-refractivity contribution in [3.8, 4) is 34.1 Å². The van der Waals surface area contributed by atoms with E-state index in [1.165, 1.54) is 65.5 Å². The lowest BCUT2D eigenvalue weighted by Crippen LogP contribution is -2.38. The fraction of sp³-hybridized carbons (Fsp3) is 0.407. The Kier molecular flexibility index (Phi) is 5.18. The number of fused-ring (bicyclic) bond motifs is 6. The molecule has 6 heteroatoms. The Morgan fingerprint density at radius 1 is 0.818 bits per heavy atom. The number of rotatable bonds is 5.